The maximum atomic E-state index is 9.12. The van der Waals surface area contributed by atoms with E-state index in [-0.39, 0.29) is 5.54 Å². The Bertz CT molecular complexity index is 223. The fraction of sp³-hybridized carbons (Fsp3) is 0.909. The van der Waals surface area contributed by atoms with Gasteiger partial charge in [-0.15, -0.1) is 0 Å². The predicted molar refractivity (Wildman–Crippen MR) is 52.1 cm³/mol. The minimum Gasteiger partial charge on any atom is -0.297 e. The van der Waals surface area contributed by atoms with Gasteiger partial charge in [0.15, 0.2) is 0 Å². The molecule has 0 saturated heterocycles. The zero-order chi connectivity index (χ0) is 9.31. The normalized spacial score (nSPS) is 27.4. The highest BCUT2D eigenvalue weighted by molar-refractivity contribution is 5.08. The van der Waals surface area contributed by atoms with Gasteiger partial charge in [0.1, 0.15) is 5.54 Å². The zero-order valence-corrected chi connectivity index (χ0v) is 8.34. The van der Waals surface area contributed by atoms with Crippen LogP contribution in [-0.4, -0.2) is 11.6 Å². The fourth-order valence-corrected chi connectivity index (χ4v) is 2.09. The molecular weight excluding hydrogens is 160 g/mol. The third kappa shape index (κ3) is 2.22. The summed E-state index contributed by atoms with van der Waals surface area (Å²) in [6.07, 6.45) is 7.63. The molecule has 2 aliphatic carbocycles. The van der Waals surface area contributed by atoms with Gasteiger partial charge in [0.05, 0.1) is 6.07 Å². The predicted octanol–water partition coefficient (Wildman–Crippen LogP) is 2.21. The van der Waals surface area contributed by atoms with Gasteiger partial charge in [-0.25, -0.2) is 0 Å². The Morgan fingerprint density at radius 3 is 2.46 bits per heavy atom. The summed E-state index contributed by atoms with van der Waals surface area (Å²) >= 11 is 0. The second-order valence-corrected chi connectivity index (χ2v) is 4.86. The Labute approximate surface area is 80.3 Å². The molecule has 2 nitrogen and oxygen atoms in total. The lowest BCUT2D eigenvalue weighted by Crippen LogP contribution is -2.44. The maximum absolute atomic E-state index is 9.12. The highest BCUT2D eigenvalue weighted by atomic mass is 15.0. The summed E-state index contributed by atoms with van der Waals surface area (Å²) in [5, 5.41) is 12.6. The first-order chi connectivity index (χ1) is 6.22. The fourth-order valence-electron chi connectivity index (χ4n) is 2.09. The van der Waals surface area contributed by atoms with Gasteiger partial charge in [-0.05, 0) is 32.1 Å². The second-order valence-electron chi connectivity index (χ2n) is 4.86. The van der Waals surface area contributed by atoms with Gasteiger partial charge in [0.25, 0.3) is 0 Å². The second kappa shape index (κ2) is 3.31. The average molecular weight is 178 g/mol. The summed E-state index contributed by atoms with van der Waals surface area (Å²) in [6.45, 7) is 2.06. The van der Waals surface area contributed by atoms with E-state index in [2.05, 4.69) is 18.3 Å². The maximum Gasteiger partial charge on any atom is 0.104 e. The van der Waals surface area contributed by atoms with Gasteiger partial charge in [-0.2, -0.15) is 5.26 Å². The molecule has 0 aliphatic heterocycles. The molecule has 0 bridgehead atoms. The molecule has 72 valence electrons. The van der Waals surface area contributed by atoms with Crippen LogP contribution in [0.15, 0.2) is 0 Å². The smallest absolute Gasteiger partial charge is 0.104 e. The van der Waals surface area contributed by atoms with Crippen molar-refractivity contribution in [1.82, 2.24) is 5.32 Å². The van der Waals surface area contributed by atoms with Crippen molar-refractivity contribution in [3.8, 4) is 6.07 Å². The van der Waals surface area contributed by atoms with Gasteiger partial charge < -0.3 is 0 Å². The number of nitrogens with one attached hydrogen (secondary N) is 1. The van der Waals surface area contributed by atoms with Gasteiger partial charge in [-0.1, -0.05) is 19.3 Å². The number of hydrogen-bond donors (Lipinski definition) is 1. The third-order valence-electron chi connectivity index (χ3n) is 3.27. The van der Waals surface area contributed by atoms with Crippen molar-refractivity contribution < 1.29 is 0 Å². The van der Waals surface area contributed by atoms with E-state index in [1.165, 1.54) is 32.1 Å². The van der Waals surface area contributed by atoms with Crippen LogP contribution in [0.2, 0.25) is 0 Å². The van der Waals surface area contributed by atoms with E-state index >= 15 is 0 Å². The Morgan fingerprint density at radius 1 is 1.38 bits per heavy atom. The molecule has 1 unspecified atom stereocenters. The SMILES string of the molecule is CC(C#N)(CC1CCC1)NC1CC1. The van der Waals surface area contributed by atoms with Crippen molar-refractivity contribution >= 4 is 0 Å². The molecule has 2 heteroatoms. The van der Waals surface area contributed by atoms with Gasteiger partial charge >= 0.3 is 0 Å². The lowest BCUT2D eigenvalue weighted by molar-refractivity contribution is 0.236. The third-order valence-corrected chi connectivity index (χ3v) is 3.27. The van der Waals surface area contributed by atoms with Crippen LogP contribution in [0.5, 0.6) is 0 Å². The molecule has 0 aromatic heterocycles. The van der Waals surface area contributed by atoms with E-state index in [4.69, 9.17) is 5.26 Å². The molecule has 0 radical (unpaired) electrons. The number of nitriles is 1. The van der Waals surface area contributed by atoms with Gasteiger partial charge in [0.2, 0.25) is 0 Å². The summed E-state index contributed by atoms with van der Waals surface area (Å²) in [7, 11) is 0. The zero-order valence-electron chi connectivity index (χ0n) is 8.34. The van der Waals surface area contributed by atoms with E-state index in [9.17, 15) is 0 Å². The summed E-state index contributed by atoms with van der Waals surface area (Å²) in [4.78, 5) is 0. The van der Waals surface area contributed by atoms with Crippen LogP contribution < -0.4 is 5.32 Å². The highest BCUT2D eigenvalue weighted by Crippen LogP contribution is 2.34. The first-order valence-electron chi connectivity index (χ1n) is 5.41. The molecule has 2 aliphatic rings. The van der Waals surface area contributed by atoms with Crippen molar-refractivity contribution in [3.05, 3.63) is 0 Å². The van der Waals surface area contributed by atoms with Gasteiger partial charge in [-0.3, -0.25) is 5.32 Å². The van der Waals surface area contributed by atoms with Crippen LogP contribution in [0.3, 0.4) is 0 Å². The Balaban J connectivity index is 1.84. The summed E-state index contributed by atoms with van der Waals surface area (Å²) in [6, 6.07) is 3.08. The largest absolute Gasteiger partial charge is 0.297 e. The highest BCUT2D eigenvalue weighted by Gasteiger charge is 2.35. The van der Waals surface area contributed by atoms with Crippen LogP contribution in [0.1, 0.15) is 45.4 Å². The summed E-state index contributed by atoms with van der Waals surface area (Å²) < 4.78 is 0. The van der Waals surface area contributed by atoms with Crippen molar-refractivity contribution in [2.75, 3.05) is 0 Å². The lowest BCUT2D eigenvalue weighted by atomic mass is 9.77. The Morgan fingerprint density at radius 2 is 2.08 bits per heavy atom. The Hall–Kier alpha value is -0.550. The van der Waals surface area contributed by atoms with Crippen LogP contribution in [0.25, 0.3) is 0 Å². The number of rotatable bonds is 4. The molecule has 1 atom stereocenters. The van der Waals surface area contributed by atoms with Crippen LogP contribution in [0.4, 0.5) is 0 Å². The van der Waals surface area contributed by atoms with Crippen molar-refractivity contribution in [3.63, 3.8) is 0 Å². The minimum atomic E-state index is -0.244. The van der Waals surface area contributed by atoms with E-state index < -0.39 is 0 Å². The summed E-state index contributed by atoms with van der Waals surface area (Å²) in [5.41, 5.74) is -0.244. The molecule has 0 spiro atoms. The van der Waals surface area contributed by atoms with Crippen molar-refractivity contribution in [1.29, 1.82) is 5.26 Å². The first kappa shape index (κ1) is 9.02. The Kier molecular flexibility index (Phi) is 2.29. The molecule has 0 aromatic rings. The van der Waals surface area contributed by atoms with Crippen LogP contribution >= 0.6 is 0 Å². The van der Waals surface area contributed by atoms with Crippen LogP contribution in [-0.2, 0) is 0 Å². The molecule has 0 heterocycles. The van der Waals surface area contributed by atoms with Crippen LogP contribution in [0, 0.1) is 17.2 Å². The van der Waals surface area contributed by atoms with E-state index in [0.29, 0.717) is 6.04 Å². The quantitative estimate of drug-likeness (QED) is 0.716. The topological polar surface area (TPSA) is 35.8 Å². The van der Waals surface area contributed by atoms with E-state index in [1.807, 2.05) is 0 Å². The van der Waals surface area contributed by atoms with Crippen molar-refractivity contribution in [2.45, 2.75) is 57.0 Å². The molecular formula is C11H18N2. The molecule has 2 rings (SSSR count). The number of hydrogen-bond acceptors (Lipinski definition) is 2. The molecule has 0 aromatic carbocycles. The molecule has 0 amide bonds. The standard InChI is InChI=1S/C11H18N2/c1-11(8-12,13-10-5-6-10)7-9-3-2-4-9/h9-10,13H,2-7H2,1H3. The lowest BCUT2D eigenvalue weighted by Gasteiger charge is -2.33. The molecule has 1 N–H and O–H groups in total. The summed E-state index contributed by atoms with van der Waals surface area (Å²) in [5.74, 6) is 0.816. The van der Waals surface area contributed by atoms with Gasteiger partial charge in [0, 0.05) is 6.04 Å². The molecule has 2 saturated carbocycles. The van der Waals surface area contributed by atoms with Crippen molar-refractivity contribution in [2.24, 2.45) is 5.92 Å². The molecule has 13 heavy (non-hydrogen) atoms. The first-order valence-corrected chi connectivity index (χ1v) is 5.41. The average Bonchev–Trinajstić information content (AvgIpc) is 2.81. The monoisotopic (exact) mass is 178 g/mol. The minimum absolute atomic E-state index is 0.244. The van der Waals surface area contributed by atoms with E-state index in [0.717, 1.165) is 12.3 Å². The number of nitrogens with zero attached hydrogens (tertiary/aromatic N) is 1. The molecule has 2 fully saturated rings. The van der Waals surface area contributed by atoms with E-state index in [1.54, 1.807) is 0 Å².